The van der Waals surface area contributed by atoms with Gasteiger partial charge in [-0.3, -0.25) is 4.79 Å². The van der Waals surface area contributed by atoms with Gasteiger partial charge in [0.05, 0.1) is 18.9 Å². The van der Waals surface area contributed by atoms with Gasteiger partial charge in [-0.05, 0) is 11.6 Å². The molecule has 3 N–H and O–H groups in total. The Morgan fingerprint density at radius 1 is 1.37 bits per heavy atom. The topological polar surface area (TPSA) is 85.8 Å². The molecule has 0 aliphatic heterocycles. The number of hydrogen-bond acceptors (Lipinski definition) is 3. The van der Waals surface area contributed by atoms with Gasteiger partial charge in [0.15, 0.2) is 0 Å². The second kappa shape index (κ2) is 8.05. The van der Waals surface area contributed by atoms with E-state index in [4.69, 9.17) is 0 Å². The van der Waals surface area contributed by atoms with Crippen molar-refractivity contribution in [2.45, 2.75) is 19.0 Å². The van der Waals surface area contributed by atoms with E-state index in [2.05, 4.69) is 11.9 Å². The second-order valence-electron chi connectivity index (χ2n) is 4.15. The van der Waals surface area contributed by atoms with E-state index in [-0.39, 0.29) is 12.3 Å². The summed E-state index contributed by atoms with van der Waals surface area (Å²) in [4.78, 5) is 22.5. The first-order valence-electron chi connectivity index (χ1n) is 6.09. The van der Waals surface area contributed by atoms with Crippen LogP contribution in [0.1, 0.15) is 12.0 Å². The molecule has 5 heteroatoms. The number of amides is 1. The molecular formula is C14H18N2O3. The van der Waals surface area contributed by atoms with Crippen molar-refractivity contribution in [2.24, 2.45) is 0 Å². The fourth-order valence-corrected chi connectivity index (χ4v) is 1.59. The highest BCUT2D eigenvalue weighted by Gasteiger charge is 2.17. The fraction of sp³-hybridized carbons (Fsp3) is 0.286. The van der Waals surface area contributed by atoms with Crippen molar-refractivity contribution in [3.63, 3.8) is 0 Å². The zero-order valence-corrected chi connectivity index (χ0v) is 10.7. The molecule has 5 nitrogen and oxygen atoms in total. The Morgan fingerprint density at radius 3 is 2.63 bits per heavy atom. The molecule has 1 amide bonds. The van der Waals surface area contributed by atoms with Crippen molar-refractivity contribution in [1.29, 1.82) is 0 Å². The second-order valence-corrected chi connectivity index (χ2v) is 4.15. The van der Waals surface area contributed by atoms with Crippen LogP contribution < -0.4 is 15.7 Å². The van der Waals surface area contributed by atoms with Crippen molar-refractivity contribution in [3.8, 4) is 0 Å². The zero-order chi connectivity index (χ0) is 14.1. The van der Waals surface area contributed by atoms with Gasteiger partial charge in [0, 0.05) is 6.54 Å². The minimum absolute atomic E-state index is 0.108. The summed E-state index contributed by atoms with van der Waals surface area (Å²) in [6.45, 7) is 4.33. The Morgan fingerprint density at radius 2 is 2.05 bits per heavy atom. The Kier molecular flexibility index (Phi) is 6.32. The Labute approximate surface area is 112 Å². The predicted molar refractivity (Wildman–Crippen MR) is 68.7 cm³/mol. The first-order valence-corrected chi connectivity index (χ1v) is 6.09. The highest BCUT2D eigenvalue weighted by Crippen LogP contribution is 1.97. The van der Waals surface area contributed by atoms with Crippen LogP contribution in [0.25, 0.3) is 0 Å². The van der Waals surface area contributed by atoms with Gasteiger partial charge in [-0.25, -0.2) is 0 Å². The molecule has 0 aliphatic rings. The lowest BCUT2D eigenvalue weighted by atomic mass is 10.2. The average Bonchev–Trinajstić information content (AvgIpc) is 2.42. The molecule has 0 saturated heterocycles. The average molecular weight is 262 g/mol. The molecular weight excluding hydrogens is 244 g/mol. The summed E-state index contributed by atoms with van der Waals surface area (Å²) in [6, 6.07) is 8.54. The van der Waals surface area contributed by atoms with Crippen molar-refractivity contribution in [1.82, 2.24) is 5.32 Å². The fourth-order valence-electron chi connectivity index (χ4n) is 1.59. The Balaban J connectivity index is 2.40. The summed E-state index contributed by atoms with van der Waals surface area (Å²) in [7, 11) is 0. The van der Waals surface area contributed by atoms with Crippen LogP contribution in [-0.4, -0.2) is 24.5 Å². The van der Waals surface area contributed by atoms with Crippen molar-refractivity contribution in [3.05, 3.63) is 48.6 Å². The van der Waals surface area contributed by atoms with E-state index in [9.17, 15) is 14.7 Å². The number of nitrogens with two attached hydrogens (primary N) is 1. The maximum Gasteiger partial charge on any atom is 0.226 e. The van der Waals surface area contributed by atoms with E-state index in [1.54, 1.807) is 6.08 Å². The third-order valence-electron chi connectivity index (χ3n) is 2.63. The smallest absolute Gasteiger partial charge is 0.226 e. The predicted octanol–water partition coefficient (Wildman–Crippen LogP) is -1.44. The SMILES string of the molecule is C=CC[NH2+][C@@H](CC(=O)NCc1ccccc1)C(=O)[O-]. The third-order valence-corrected chi connectivity index (χ3v) is 2.63. The normalized spacial score (nSPS) is 11.6. The molecule has 1 atom stereocenters. The molecule has 1 aromatic carbocycles. The number of benzene rings is 1. The first kappa shape index (κ1) is 14.9. The summed E-state index contributed by atoms with van der Waals surface area (Å²) >= 11 is 0. The molecule has 1 rings (SSSR count). The van der Waals surface area contributed by atoms with Gasteiger partial charge >= 0.3 is 0 Å². The van der Waals surface area contributed by atoms with Crippen LogP contribution in [-0.2, 0) is 16.1 Å². The number of nitrogens with one attached hydrogen (secondary N) is 1. The molecule has 0 bridgehead atoms. The van der Waals surface area contributed by atoms with E-state index in [0.717, 1.165) is 5.56 Å². The van der Waals surface area contributed by atoms with E-state index in [0.29, 0.717) is 13.1 Å². The standard InChI is InChI=1S/C14H18N2O3/c1-2-8-15-12(14(18)19)9-13(17)16-10-11-6-4-3-5-7-11/h2-7,12,15H,1,8-10H2,(H,16,17)(H,18,19)/t12-/m0/s1. The number of carbonyl (C=O) groups is 2. The monoisotopic (exact) mass is 262 g/mol. The van der Waals surface area contributed by atoms with Gasteiger partial charge in [0.25, 0.3) is 0 Å². The molecule has 0 saturated carbocycles. The molecule has 0 heterocycles. The quantitative estimate of drug-likeness (QED) is 0.563. The maximum atomic E-state index is 11.6. The number of hydrogen-bond donors (Lipinski definition) is 2. The van der Waals surface area contributed by atoms with Crippen LogP contribution in [0.3, 0.4) is 0 Å². The molecule has 1 aromatic rings. The van der Waals surface area contributed by atoms with Gasteiger partial charge in [0.1, 0.15) is 6.04 Å². The molecule has 0 aliphatic carbocycles. The molecule has 0 aromatic heterocycles. The van der Waals surface area contributed by atoms with Gasteiger partial charge in [-0.1, -0.05) is 36.9 Å². The molecule has 0 spiro atoms. The van der Waals surface area contributed by atoms with Crippen LogP contribution in [0.2, 0.25) is 0 Å². The van der Waals surface area contributed by atoms with Crippen LogP contribution in [0.4, 0.5) is 0 Å². The number of carbonyl (C=O) groups excluding carboxylic acids is 2. The van der Waals surface area contributed by atoms with Crippen LogP contribution in [0.5, 0.6) is 0 Å². The highest BCUT2D eigenvalue weighted by atomic mass is 16.4. The van der Waals surface area contributed by atoms with Gasteiger partial charge < -0.3 is 20.5 Å². The summed E-state index contributed by atoms with van der Waals surface area (Å²) in [5.41, 5.74) is 0.968. The van der Waals surface area contributed by atoms with E-state index < -0.39 is 12.0 Å². The van der Waals surface area contributed by atoms with E-state index >= 15 is 0 Å². The zero-order valence-electron chi connectivity index (χ0n) is 10.7. The van der Waals surface area contributed by atoms with Gasteiger partial charge in [-0.15, -0.1) is 0 Å². The third kappa shape index (κ3) is 5.83. The summed E-state index contributed by atoms with van der Waals surface area (Å²) < 4.78 is 0. The first-order chi connectivity index (χ1) is 9.13. The highest BCUT2D eigenvalue weighted by molar-refractivity contribution is 5.82. The lowest BCUT2D eigenvalue weighted by molar-refractivity contribution is -0.674. The van der Waals surface area contributed by atoms with Crippen molar-refractivity contribution in [2.75, 3.05) is 6.54 Å². The number of quaternary nitrogens is 1. The minimum Gasteiger partial charge on any atom is -0.544 e. The Bertz CT molecular complexity index is 432. The molecule has 0 fully saturated rings. The number of carboxylic acids is 1. The van der Waals surface area contributed by atoms with Gasteiger partial charge in [-0.2, -0.15) is 0 Å². The molecule has 102 valence electrons. The number of carboxylic acid groups (broad SMARTS) is 1. The van der Waals surface area contributed by atoms with Gasteiger partial charge in [0.2, 0.25) is 5.91 Å². The van der Waals surface area contributed by atoms with Crippen LogP contribution in [0, 0.1) is 0 Å². The van der Waals surface area contributed by atoms with Crippen LogP contribution >= 0.6 is 0 Å². The minimum atomic E-state index is -1.24. The molecule has 19 heavy (non-hydrogen) atoms. The summed E-state index contributed by atoms with van der Waals surface area (Å²) in [6.07, 6.45) is 1.47. The van der Waals surface area contributed by atoms with E-state index in [1.165, 1.54) is 5.32 Å². The lowest BCUT2D eigenvalue weighted by Gasteiger charge is -2.15. The number of rotatable bonds is 8. The molecule has 0 radical (unpaired) electrons. The lowest BCUT2D eigenvalue weighted by Crippen LogP contribution is -2.93. The van der Waals surface area contributed by atoms with Crippen molar-refractivity contribution >= 4 is 11.9 Å². The van der Waals surface area contributed by atoms with E-state index in [1.807, 2.05) is 30.3 Å². The Hall–Kier alpha value is -2.14. The van der Waals surface area contributed by atoms with Crippen molar-refractivity contribution < 1.29 is 20.0 Å². The largest absolute Gasteiger partial charge is 0.544 e. The molecule has 0 unspecified atom stereocenters. The number of aliphatic carboxylic acids is 1. The summed E-state index contributed by atoms with van der Waals surface area (Å²) in [5.74, 6) is -1.55. The maximum absolute atomic E-state index is 11.6. The van der Waals surface area contributed by atoms with Crippen LogP contribution in [0.15, 0.2) is 43.0 Å². The summed E-state index contributed by atoms with van der Waals surface area (Å²) in [5, 5.41) is 15.1.